The number of hydrogen-bond acceptors (Lipinski definition) is 1. The van der Waals surface area contributed by atoms with Crippen molar-refractivity contribution in [3.05, 3.63) is 54.6 Å². The van der Waals surface area contributed by atoms with Gasteiger partial charge in [-0.25, -0.2) is 0 Å². The van der Waals surface area contributed by atoms with E-state index in [-0.39, 0.29) is 35.5 Å². The minimum atomic E-state index is 0. The molecule has 2 nitrogen and oxygen atoms in total. The van der Waals surface area contributed by atoms with Gasteiger partial charge in [0.2, 0.25) is 0 Å². The number of nitrogens with zero attached hydrogens (tertiary/aromatic N) is 1. The summed E-state index contributed by atoms with van der Waals surface area (Å²) in [7, 11) is 0. The van der Waals surface area contributed by atoms with Crippen molar-refractivity contribution in [1.29, 1.82) is 0 Å². The first-order valence-corrected chi connectivity index (χ1v) is 3.30. The van der Waals surface area contributed by atoms with Gasteiger partial charge >= 0.3 is 23.1 Å². The van der Waals surface area contributed by atoms with Crippen LogP contribution in [0.3, 0.4) is 0 Å². The van der Waals surface area contributed by atoms with Crippen molar-refractivity contribution >= 4 is 28.7 Å². The number of aromatic nitrogens is 1. The summed E-state index contributed by atoms with van der Waals surface area (Å²) in [5, 5.41) is 0. The zero-order valence-electron chi connectivity index (χ0n) is 7.20. The topological polar surface area (TPSA) is 36.7 Å². The summed E-state index contributed by atoms with van der Waals surface area (Å²) < 4.78 is 0. The second-order valence-corrected chi connectivity index (χ2v) is 2.03. The fourth-order valence-electron chi connectivity index (χ4n) is 0.725. The van der Waals surface area contributed by atoms with Crippen molar-refractivity contribution in [2.45, 2.75) is 0 Å². The van der Waals surface area contributed by atoms with Crippen molar-refractivity contribution in [1.82, 2.24) is 4.98 Å². The van der Waals surface area contributed by atoms with Gasteiger partial charge in [0.05, 0.1) is 0 Å². The number of hydrogen-bond donors (Lipinski definition) is 0. The maximum atomic E-state index is 7.44. The van der Waals surface area contributed by atoms with Crippen molar-refractivity contribution in [2.24, 2.45) is 0 Å². The van der Waals surface area contributed by atoms with Crippen LogP contribution >= 0.6 is 0 Å². The molecule has 0 spiro atoms. The summed E-state index contributed by atoms with van der Waals surface area (Å²) in [6.07, 6.45) is 4.86. The molecule has 0 radical (unpaired) electrons. The fraction of sp³-hybridized carbons (Fsp3) is 0. The van der Waals surface area contributed by atoms with Gasteiger partial charge in [0.1, 0.15) is 0 Å². The van der Waals surface area contributed by atoms with E-state index in [1.807, 2.05) is 12.1 Å². The normalized spacial score (nSPS) is 9.38. The number of pyridine rings is 1. The minimum absolute atomic E-state index is 0. The van der Waals surface area contributed by atoms with E-state index in [1.165, 1.54) is 0 Å². The Balaban J connectivity index is 0. The molecule has 64 valence electrons. The molecule has 0 saturated heterocycles. The third-order valence-electron chi connectivity index (χ3n) is 1.23. The molecule has 0 aliphatic heterocycles. The molecule has 0 unspecified atom stereocenters. The van der Waals surface area contributed by atoms with Gasteiger partial charge in [0, 0.05) is 11.9 Å². The predicted molar refractivity (Wildman–Crippen MR) is 52.5 cm³/mol. The molecule has 0 atom stereocenters. The smallest absolute Gasteiger partial charge is 1.00 e. The van der Waals surface area contributed by atoms with Crippen LogP contribution in [0.4, 0.5) is 0 Å². The first-order chi connectivity index (χ1) is 5.34. The Morgan fingerprint density at radius 1 is 1.46 bits per heavy atom. The van der Waals surface area contributed by atoms with E-state index in [0.29, 0.717) is 11.4 Å². The molecule has 1 rings (SSSR count). The van der Waals surface area contributed by atoms with Gasteiger partial charge in [0.15, 0.2) is 0 Å². The Morgan fingerprint density at radius 3 is 2.62 bits per heavy atom. The molecule has 0 bridgehead atoms. The Hall–Kier alpha value is -0.514. The Labute approximate surface area is 100 Å². The fourth-order valence-corrected chi connectivity index (χ4v) is 0.725. The standard InChI is InChI=1S/C9H9N2.ClH.Mg/c1-2-5-8(10)9-6-3-4-7-11-9;;/h2-7,10H,1H2;1H;/q-1;;+2/p-1/b8-5-;;. The van der Waals surface area contributed by atoms with Gasteiger partial charge < -0.3 is 18.1 Å². The van der Waals surface area contributed by atoms with Gasteiger partial charge in [-0.05, 0) is 12.1 Å². The molecule has 0 aliphatic carbocycles. The molecule has 1 aromatic rings. The van der Waals surface area contributed by atoms with E-state index in [1.54, 1.807) is 24.4 Å². The van der Waals surface area contributed by atoms with Crippen molar-refractivity contribution in [2.75, 3.05) is 0 Å². The van der Waals surface area contributed by atoms with Crippen LogP contribution in [-0.2, 0) is 0 Å². The summed E-state index contributed by atoms with van der Waals surface area (Å²) in [4.78, 5) is 3.99. The van der Waals surface area contributed by atoms with Gasteiger partial charge in [-0.15, -0.1) is 5.70 Å². The average Bonchev–Trinajstić information content (AvgIpc) is 2.07. The largest absolute Gasteiger partial charge is 2.00 e. The molecule has 4 heteroatoms. The molecule has 0 aliphatic rings. The first-order valence-electron chi connectivity index (χ1n) is 3.30. The van der Waals surface area contributed by atoms with E-state index in [9.17, 15) is 0 Å². The Morgan fingerprint density at radius 2 is 2.15 bits per heavy atom. The third kappa shape index (κ3) is 4.93. The summed E-state index contributed by atoms with van der Waals surface area (Å²) in [6, 6.07) is 5.47. The maximum absolute atomic E-state index is 7.44. The molecule has 0 saturated carbocycles. The zero-order chi connectivity index (χ0) is 8.10. The second kappa shape index (κ2) is 8.10. The summed E-state index contributed by atoms with van der Waals surface area (Å²) >= 11 is 0. The average molecular weight is 205 g/mol. The van der Waals surface area contributed by atoms with Crippen molar-refractivity contribution in [3.8, 4) is 0 Å². The van der Waals surface area contributed by atoms with E-state index in [4.69, 9.17) is 5.73 Å². The monoisotopic (exact) mass is 204 g/mol. The SMILES string of the molecule is C=C/C=C(\[NH-])c1ccccn1.[Cl-].[Mg+2]. The minimum Gasteiger partial charge on any atom is -1.00 e. The van der Waals surface area contributed by atoms with Crippen molar-refractivity contribution in [3.63, 3.8) is 0 Å². The molecule has 1 aromatic heterocycles. The second-order valence-electron chi connectivity index (χ2n) is 2.03. The van der Waals surface area contributed by atoms with Crippen molar-refractivity contribution < 1.29 is 12.4 Å². The Kier molecular flexibility index (Phi) is 9.34. The number of rotatable bonds is 2. The number of halogens is 1. The quantitative estimate of drug-likeness (QED) is 0.463. The van der Waals surface area contributed by atoms with E-state index < -0.39 is 0 Å². The van der Waals surface area contributed by atoms with Gasteiger partial charge in [-0.2, -0.15) is 0 Å². The summed E-state index contributed by atoms with van der Waals surface area (Å²) in [6.45, 7) is 3.50. The molecule has 1 N–H and O–H groups in total. The first kappa shape index (κ1) is 15.0. The Bertz CT molecular complexity index is 272. The molecular formula is C9H9ClMgN2. The zero-order valence-corrected chi connectivity index (χ0v) is 9.37. The number of allylic oxidation sites excluding steroid dienone is 2. The van der Waals surface area contributed by atoms with Crippen LogP contribution in [-0.4, -0.2) is 28.0 Å². The van der Waals surface area contributed by atoms with Crippen LogP contribution in [0.5, 0.6) is 0 Å². The molecule has 0 fully saturated rings. The summed E-state index contributed by atoms with van der Waals surface area (Å²) in [5.74, 6) is 0. The molecular weight excluding hydrogens is 196 g/mol. The molecule has 13 heavy (non-hydrogen) atoms. The van der Waals surface area contributed by atoms with E-state index in [2.05, 4.69) is 11.6 Å². The van der Waals surface area contributed by atoms with Crippen LogP contribution in [0.25, 0.3) is 11.4 Å². The third-order valence-corrected chi connectivity index (χ3v) is 1.23. The van der Waals surface area contributed by atoms with Crippen LogP contribution in [0.1, 0.15) is 5.69 Å². The molecule has 1 heterocycles. The van der Waals surface area contributed by atoms with Gasteiger partial charge in [-0.1, -0.05) is 24.8 Å². The van der Waals surface area contributed by atoms with E-state index >= 15 is 0 Å². The van der Waals surface area contributed by atoms with Crippen LogP contribution in [0.15, 0.2) is 43.1 Å². The maximum Gasteiger partial charge on any atom is 2.00 e. The van der Waals surface area contributed by atoms with Gasteiger partial charge in [-0.3, -0.25) is 4.98 Å². The predicted octanol–water partition coefficient (Wildman–Crippen LogP) is -0.716. The molecule has 0 aromatic carbocycles. The van der Waals surface area contributed by atoms with Crippen LogP contribution in [0.2, 0.25) is 0 Å². The summed E-state index contributed by atoms with van der Waals surface area (Å²) in [5.41, 5.74) is 8.50. The number of nitrogens with one attached hydrogen (secondary N) is 1. The van der Waals surface area contributed by atoms with E-state index in [0.717, 1.165) is 0 Å². The van der Waals surface area contributed by atoms with Crippen LogP contribution in [0, 0.1) is 0 Å². The van der Waals surface area contributed by atoms with Gasteiger partial charge in [0.25, 0.3) is 0 Å². The molecule has 0 amide bonds. The van der Waals surface area contributed by atoms with Crippen LogP contribution < -0.4 is 12.4 Å².